The third kappa shape index (κ3) is 1.78. The average Bonchev–Trinajstić information content (AvgIpc) is 3.21. The number of aliphatic hydroxyl groups excluding tert-OH is 1. The minimum absolute atomic E-state index is 0.0292. The molecule has 1 aromatic rings. The van der Waals surface area contributed by atoms with Gasteiger partial charge in [-0.1, -0.05) is 0 Å². The summed E-state index contributed by atoms with van der Waals surface area (Å²) in [6, 6.07) is 0. The van der Waals surface area contributed by atoms with Crippen molar-refractivity contribution in [1.29, 1.82) is 0 Å². The standard InChI is InChI=1S/C11H16N4O2/c12-7-8(6-1-2-6)14-15-9(7)10(17)13-11(5-16)3-4-11/h6,16H,1-5,12H2,(H,13,17)(H,14,15). The first-order valence-corrected chi connectivity index (χ1v) is 5.92. The number of hydrogen-bond donors (Lipinski definition) is 4. The lowest BCUT2D eigenvalue weighted by Crippen LogP contribution is -2.40. The van der Waals surface area contributed by atoms with Crippen LogP contribution in [-0.4, -0.2) is 33.4 Å². The molecule has 0 aliphatic heterocycles. The fraction of sp³-hybridized carbons (Fsp3) is 0.636. The molecule has 3 rings (SSSR count). The van der Waals surface area contributed by atoms with Crippen LogP contribution in [0.3, 0.4) is 0 Å². The van der Waals surface area contributed by atoms with Crippen LogP contribution in [0.5, 0.6) is 0 Å². The van der Waals surface area contributed by atoms with Gasteiger partial charge in [-0.2, -0.15) is 5.10 Å². The van der Waals surface area contributed by atoms with Crippen molar-refractivity contribution >= 4 is 11.6 Å². The summed E-state index contributed by atoms with van der Waals surface area (Å²) in [4.78, 5) is 12.0. The summed E-state index contributed by atoms with van der Waals surface area (Å²) in [6.07, 6.45) is 3.84. The Morgan fingerprint density at radius 1 is 1.59 bits per heavy atom. The van der Waals surface area contributed by atoms with Gasteiger partial charge in [-0.05, 0) is 25.7 Å². The molecule has 1 heterocycles. The Kier molecular flexibility index (Phi) is 2.16. The molecule has 5 N–H and O–H groups in total. The molecule has 0 unspecified atom stereocenters. The van der Waals surface area contributed by atoms with Crippen LogP contribution in [0.4, 0.5) is 5.69 Å². The zero-order valence-corrected chi connectivity index (χ0v) is 9.49. The fourth-order valence-electron chi connectivity index (χ4n) is 1.99. The van der Waals surface area contributed by atoms with E-state index in [4.69, 9.17) is 10.8 Å². The highest BCUT2D eigenvalue weighted by molar-refractivity contribution is 5.98. The zero-order chi connectivity index (χ0) is 12.0. The zero-order valence-electron chi connectivity index (χ0n) is 9.49. The van der Waals surface area contributed by atoms with Crippen LogP contribution < -0.4 is 11.1 Å². The number of carbonyl (C=O) groups is 1. The van der Waals surface area contributed by atoms with E-state index in [0.29, 0.717) is 11.6 Å². The predicted octanol–water partition coefficient (Wildman–Crippen LogP) is 0.124. The number of hydrogen-bond acceptors (Lipinski definition) is 4. The van der Waals surface area contributed by atoms with Crippen molar-refractivity contribution in [3.63, 3.8) is 0 Å². The number of nitrogen functional groups attached to an aromatic ring is 1. The quantitative estimate of drug-likeness (QED) is 0.596. The normalized spacial score (nSPS) is 21.2. The monoisotopic (exact) mass is 236 g/mol. The van der Waals surface area contributed by atoms with E-state index in [9.17, 15) is 4.79 Å². The molecule has 92 valence electrons. The molecule has 17 heavy (non-hydrogen) atoms. The summed E-state index contributed by atoms with van der Waals surface area (Å²) in [5.74, 6) is 0.147. The summed E-state index contributed by atoms with van der Waals surface area (Å²) in [5.41, 5.74) is 7.07. The highest BCUT2D eigenvalue weighted by Gasteiger charge is 2.44. The molecule has 1 aromatic heterocycles. The fourth-order valence-corrected chi connectivity index (χ4v) is 1.99. The van der Waals surface area contributed by atoms with E-state index in [-0.39, 0.29) is 18.2 Å². The second kappa shape index (κ2) is 3.46. The minimum Gasteiger partial charge on any atom is -0.395 e. The van der Waals surface area contributed by atoms with Crippen LogP contribution in [-0.2, 0) is 0 Å². The maximum atomic E-state index is 12.0. The van der Waals surface area contributed by atoms with Crippen LogP contribution in [0.1, 0.15) is 47.8 Å². The van der Waals surface area contributed by atoms with Crippen molar-refractivity contribution in [3.8, 4) is 0 Å². The molecule has 0 saturated heterocycles. The molecule has 2 fully saturated rings. The molecule has 0 spiro atoms. The van der Waals surface area contributed by atoms with Gasteiger partial charge in [0.15, 0.2) is 5.69 Å². The van der Waals surface area contributed by atoms with Crippen LogP contribution >= 0.6 is 0 Å². The highest BCUT2D eigenvalue weighted by atomic mass is 16.3. The molecule has 0 radical (unpaired) electrons. The predicted molar refractivity (Wildman–Crippen MR) is 61.5 cm³/mol. The smallest absolute Gasteiger partial charge is 0.274 e. The van der Waals surface area contributed by atoms with Crippen LogP contribution in [0, 0.1) is 0 Å². The molecule has 1 amide bonds. The van der Waals surface area contributed by atoms with Gasteiger partial charge in [-0.15, -0.1) is 0 Å². The van der Waals surface area contributed by atoms with E-state index in [1.165, 1.54) is 0 Å². The van der Waals surface area contributed by atoms with Crippen molar-refractivity contribution in [2.24, 2.45) is 0 Å². The van der Waals surface area contributed by atoms with Crippen molar-refractivity contribution in [3.05, 3.63) is 11.4 Å². The number of carbonyl (C=O) groups excluding carboxylic acids is 1. The van der Waals surface area contributed by atoms with Gasteiger partial charge >= 0.3 is 0 Å². The summed E-state index contributed by atoms with van der Waals surface area (Å²) >= 11 is 0. The Hall–Kier alpha value is -1.56. The van der Waals surface area contributed by atoms with Gasteiger partial charge in [-0.3, -0.25) is 9.89 Å². The van der Waals surface area contributed by atoms with Gasteiger partial charge < -0.3 is 16.2 Å². The average molecular weight is 236 g/mol. The number of aliphatic hydroxyl groups is 1. The van der Waals surface area contributed by atoms with Crippen molar-refractivity contribution in [2.75, 3.05) is 12.3 Å². The summed E-state index contributed by atoms with van der Waals surface area (Å²) in [6.45, 7) is -0.0292. The van der Waals surface area contributed by atoms with Gasteiger partial charge in [0.2, 0.25) is 0 Å². The van der Waals surface area contributed by atoms with Gasteiger partial charge in [0.1, 0.15) is 0 Å². The number of H-pyrrole nitrogens is 1. The van der Waals surface area contributed by atoms with E-state index >= 15 is 0 Å². The highest BCUT2D eigenvalue weighted by Crippen LogP contribution is 2.42. The second-order valence-corrected chi connectivity index (χ2v) is 5.07. The van der Waals surface area contributed by atoms with Crippen LogP contribution in [0.25, 0.3) is 0 Å². The van der Waals surface area contributed by atoms with Crippen molar-refractivity contribution in [2.45, 2.75) is 37.1 Å². The van der Waals surface area contributed by atoms with E-state index < -0.39 is 5.54 Å². The minimum atomic E-state index is -0.428. The van der Waals surface area contributed by atoms with E-state index in [0.717, 1.165) is 31.4 Å². The first kappa shape index (κ1) is 10.6. The van der Waals surface area contributed by atoms with E-state index in [2.05, 4.69) is 15.5 Å². The lowest BCUT2D eigenvalue weighted by molar-refractivity contribution is 0.0902. The Bertz CT molecular complexity index is 460. The molecular weight excluding hydrogens is 220 g/mol. The Morgan fingerprint density at radius 3 is 2.82 bits per heavy atom. The molecule has 2 aliphatic rings. The molecule has 2 aliphatic carbocycles. The maximum absolute atomic E-state index is 12.0. The number of aromatic amines is 1. The van der Waals surface area contributed by atoms with E-state index in [1.807, 2.05) is 0 Å². The number of amides is 1. The summed E-state index contributed by atoms with van der Waals surface area (Å²) in [5, 5.41) is 18.8. The Morgan fingerprint density at radius 2 is 2.29 bits per heavy atom. The Balaban J connectivity index is 1.77. The molecular formula is C11H16N4O2. The van der Waals surface area contributed by atoms with Crippen molar-refractivity contribution < 1.29 is 9.90 Å². The number of nitrogens with two attached hydrogens (primary N) is 1. The SMILES string of the molecule is Nc1c(C(=O)NC2(CO)CC2)n[nH]c1C1CC1. The third-order valence-electron chi connectivity index (χ3n) is 3.57. The summed E-state index contributed by atoms with van der Waals surface area (Å²) < 4.78 is 0. The molecule has 0 atom stereocenters. The number of anilines is 1. The number of nitrogens with one attached hydrogen (secondary N) is 2. The van der Waals surface area contributed by atoms with Gasteiger partial charge in [0.25, 0.3) is 5.91 Å². The van der Waals surface area contributed by atoms with Gasteiger partial charge in [0, 0.05) is 5.92 Å². The Labute approximate surface area is 98.6 Å². The number of aromatic nitrogens is 2. The first-order chi connectivity index (χ1) is 8.15. The maximum Gasteiger partial charge on any atom is 0.274 e. The number of nitrogens with zero attached hydrogens (tertiary/aromatic N) is 1. The number of rotatable bonds is 4. The molecule has 0 bridgehead atoms. The van der Waals surface area contributed by atoms with Gasteiger partial charge in [-0.25, -0.2) is 0 Å². The topological polar surface area (TPSA) is 104 Å². The second-order valence-electron chi connectivity index (χ2n) is 5.07. The van der Waals surface area contributed by atoms with Gasteiger partial charge in [0.05, 0.1) is 23.5 Å². The van der Waals surface area contributed by atoms with E-state index in [1.54, 1.807) is 0 Å². The van der Waals surface area contributed by atoms with Crippen LogP contribution in [0.15, 0.2) is 0 Å². The molecule has 2 saturated carbocycles. The molecule has 6 heteroatoms. The lowest BCUT2D eigenvalue weighted by atomic mass is 10.2. The van der Waals surface area contributed by atoms with Crippen molar-refractivity contribution in [1.82, 2.24) is 15.5 Å². The van der Waals surface area contributed by atoms with Crippen LogP contribution in [0.2, 0.25) is 0 Å². The lowest BCUT2D eigenvalue weighted by Gasteiger charge is -2.13. The molecule has 6 nitrogen and oxygen atoms in total. The first-order valence-electron chi connectivity index (χ1n) is 5.92. The molecule has 0 aromatic carbocycles. The third-order valence-corrected chi connectivity index (χ3v) is 3.57. The summed E-state index contributed by atoms with van der Waals surface area (Å²) in [7, 11) is 0. The largest absolute Gasteiger partial charge is 0.395 e.